The predicted octanol–water partition coefficient (Wildman–Crippen LogP) is 4.07. The molecule has 0 atom stereocenters. The highest BCUT2D eigenvalue weighted by molar-refractivity contribution is 7.80. The van der Waals surface area contributed by atoms with Gasteiger partial charge < -0.3 is 14.8 Å². The van der Waals surface area contributed by atoms with Crippen LogP contribution in [-0.2, 0) is 6.54 Å². The van der Waals surface area contributed by atoms with E-state index in [0.29, 0.717) is 12.1 Å². The van der Waals surface area contributed by atoms with Gasteiger partial charge in [0.1, 0.15) is 11.5 Å². The zero-order chi connectivity index (χ0) is 19.8. The first-order valence-electron chi connectivity index (χ1n) is 8.95. The predicted molar refractivity (Wildman–Crippen MR) is 111 cm³/mol. The van der Waals surface area contributed by atoms with Crippen molar-refractivity contribution in [1.82, 2.24) is 10.6 Å². The Morgan fingerprint density at radius 3 is 1.85 bits per heavy atom. The molecule has 0 spiro atoms. The SMILES string of the molecule is CC(C)Oc1ccc(CNC(=S)NC(=O)c2ccc(OC(C)C)cc2)cc1. The number of benzene rings is 2. The molecule has 2 aromatic carbocycles. The van der Waals surface area contributed by atoms with E-state index in [9.17, 15) is 4.79 Å². The molecule has 2 aromatic rings. The summed E-state index contributed by atoms with van der Waals surface area (Å²) >= 11 is 5.20. The van der Waals surface area contributed by atoms with Gasteiger partial charge >= 0.3 is 0 Å². The number of amides is 1. The fourth-order valence-electron chi connectivity index (χ4n) is 2.32. The molecule has 0 saturated carbocycles. The second-order valence-corrected chi connectivity index (χ2v) is 7.05. The van der Waals surface area contributed by atoms with Crippen molar-refractivity contribution >= 4 is 23.2 Å². The maximum Gasteiger partial charge on any atom is 0.257 e. The Kier molecular flexibility index (Phi) is 7.61. The van der Waals surface area contributed by atoms with Crippen LogP contribution in [0.4, 0.5) is 0 Å². The summed E-state index contributed by atoms with van der Waals surface area (Å²) < 4.78 is 11.2. The van der Waals surface area contributed by atoms with Gasteiger partial charge in [-0.25, -0.2) is 0 Å². The van der Waals surface area contributed by atoms with E-state index in [4.69, 9.17) is 21.7 Å². The number of rotatable bonds is 7. The van der Waals surface area contributed by atoms with Gasteiger partial charge in [0.2, 0.25) is 0 Å². The third-order valence-electron chi connectivity index (χ3n) is 3.46. The Balaban J connectivity index is 1.81. The Morgan fingerprint density at radius 2 is 1.37 bits per heavy atom. The highest BCUT2D eigenvalue weighted by Gasteiger charge is 2.08. The highest BCUT2D eigenvalue weighted by Crippen LogP contribution is 2.14. The maximum atomic E-state index is 12.3. The fourth-order valence-corrected chi connectivity index (χ4v) is 2.48. The number of hydrogen-bond acceptors (Lipinski definition) is 4. The third-order valence-corrected chi connectivity index (χ3v) is 3.71. The minimum Gasteiger partial charge on any atom is -0.491 e. The largest absolute Gasteiger partial charge is 0.491 e. The van der Waals surface area contributed by atoms with Crippen LogP contribution in [0.2, 0.25) is 0 Å². The van der Waals surface area contributed by atoms with Gasteiger partial charge in [-0.05, 0) is 81.9 Å². The number of thiocarbonyl (C=S) groups is 1. The van der Waals surface area contributed by atoms with Gasteiger partial charge in [-0.3, -0.25) is 10.1 Å². The summed E-state index contributed by atoms with van der Waals surface area (Å²) in [6.07, 6.45) is 0.232. The van der Waals surface area contributed by atoms with Crippen LogP contribution in [0.3, 0.4) is 0 Å². The molecule has 2 N–H and O–H groups in total. The van der Waals surface area contributed by atoms with E-state index in [1.807, 2.05) is 52.0 Å². The van der Waals surface area contributed by atoms with Crippen LogP contribution < -0.4 is 20.1 Å². The van der Waals surface area contributed by atoms with Gasteiger partial charge in [-0.1, -0.05) is 12.1 Å². The first kappa shape index (κ1) is 20.7. The second-order valence-electron chi connectivity index (χ2n) is 6.64. The topological polar surface area (TPSA) is 59.6 Å². The molecule has 0 aliphatic rings. The lowest BCUT2D eigenvalue weighted by Crippen LogP contribution is -2.38. The van der Waals surface area contributed by atoms with Gasteiger partial charge in [0, 0.05) is 12.1 Å². The smallest absolute Gasteiger partial charge is 0.257 e. The lowest BCUT2D eigenvalue weighted by Gasteiger charge is -2.12. The zero-order valence-electron chi connectivity index (χ0n) is 16.1. The quantitative estimate of drug-likeness (QED) is 0.703. The standard InChI is InChI=1S/C21H26N2O3S/c1-14(2)25-18-9-5-16(6-10-18)13-22-21(27)23-20(24)17-7-11-19(12-8-17)26-15(3)4/h5-12,14-15H,13H2,1-4H3,(H2,22,23,24,27). The van der Waals surface area contributed by atoms with Crippen molar-refractivity contribution in [1.29, 1.82) is 0 Å². The lowest BCUT2D eigenvalue weighted by atomic mass is 10.2. The summed E-state index contributed by atoms with van der Waals surface area (Å²) in [7, 11) is 0. The molecule has 0 heterocycles. The van der Waals surface area contributed by atoms with Crippen molar-refractivity contribution < 1.29 is 14.3 Å². The van der Waals surface area contributed by atoms with Crippen molar-refractivity contribution in [2.45, 2.75) is 46.4 Å². The first-order chi connectivity index (χ1) is 12.8. The summed E-state index contributed by atoms with van der Waals surface area (Å²) in [6, 6.07) is 14.7. The summed E-state index contributed by atoms with van der Waals surface area (Å²) in [6.45, 7) is 8.40. The summed E-state index contributed by atoms with van der Waals surface area (Å²) in [5.74, 6) is 1.30. The Bertz CT molecular complexity index is 756. The highest BCUT2D eigenvalue weighted by atomic mass is 32.1. The average molecular weight is 387 g/mol. The zero-order valence-corrected chi connectivity index (χ0v) is 16.9. The first-order valence-corrected chi connectivity index (χ1v) is 9.36. The number of ether oxygens (including phenoxy) is 2. The molecule has 0 unspecified atom stereocenters. The van der Waals surface area contributed by atoms with Gasteiger partial charge in [0.15, 0.2) is 5.11 Å². The molecular formula is C21H26N2O3S. The molecule has 5 nitrogen and oxygen atoms in total. The minimum atomic E-state index is -0.260. The minimum absolute atomic E-state index is 0.0902. The Morgan fingerprint density at radius 1 is 0.889 bits per heavy atom. The molecule has 0 fully saturated rings. The Hall–Kier alpha value is -2.60. The monoisotopic (exact) mass is 386 g/mol. The summed E-state index contributed by atoms with van der Waals surface area (Å²) in [5, 5.41) is 5.99. The van der Waals surface area contributed by atoms with Crippen molar-refractivity contribution in [3.63, 3.8) is 0 Å². The van der Waals surface area contributed by atoms with E-state index in [-0.39, 0.29) is 23.2 Å². The van der Waals surface area contributed by atoms with Crippen LogP contribution >= 0.6 is 12.2 Å². The lowest BCUT2D eigenvalue weighted by molar-refractivity contribution is 0.0976. The second kappa shape index (κ2) is 9.92. The molecule has 0 aromatic heterocycles. The van der Waals surface area contributed by atoms with Crippen molar-refractivity contribution in [2.75, 3.05) is 0 Å². The van der Waals surface area contributed by atoms with Crippen LogP contribution in [0.1, 0.15) is 43.6 Å². The van der Waals surface area contributed by atoms with Gasteiger partial charge in [-0.2, -0.15) is 0 Å². The molecular weight excluding hydrogens is 360 g/mol. The van der Waals surface area contributed by atoms with E-state index in [1.165, 1.54) is 0 Å². The van der Waals surface area contributed by atoms with Crippen LogP contribution in [0.5, 0.6) is 11.5 Å². The molecule has 0 bridgehead atoms. The van der Waals surface area contributed by atoms with E-state index in [0.717, 1.165) is 17.1 Å². The van der Waals surface area contributed by atoms with Gasteiger partial charge in [-0.15, -0.1) is 0 Å². The van der Waals surface area contributed by atoms with E-state index in [2.05, 4.69) is 10.6 Å². The molecule has 1 amide bonds. The van der Waals surface area contributed by atoms with Crippen LogP contribution in [0.25, 0.3) is 0 Å². The average Bonchev–Trinajstić information content (AvgIpc) is 2.60. The van der Waals surface area contributed by atoms with Crippen molar-refractivity contribution in [2.24, 2.45) is 0 Å². The van der Waals surface area contributed by atoms with Crippen molar-refractivity contribution in [3.8, 4) is 11.5 Å². The normalized spacial score (nSPS) is 10.6. The maximum absolute atomic E-state index is 12.3. The third kappa shape index (κ3) is 7.27. The van der Waals surface area contributed by atoms with Crippen LogP contribution in [0, 0.1) is 0 Å². The van der Waals surface area contributed by atoms with E-state index >= 15 is 0 Å². The summed E-state index contributed by atoms with van der Waals surface area (Å²) in [4.78, 5) is 12.3. The van der Waals surface area contributed by atoms with Crippen LogP contribution in [-0.4, -0.2) is 23.2 Å². The molecule has 0 aliphatic heterocycles. The van der Waals surface area contributed by atoms with E-state index < -0.39 is 0 Å². The summed E-state index contributed by atoms with van der Waals surface area (Å²) in [5.41, 5.74) is 1.56. The van der Waals surface area contributed by atoms with Crippen molar-refractivity contribution in [3.05, 3.63) is 59.7 Å². The molecule has 144 valence electrons. The molecule has 2 rings (SSSR count). The number of nitrogens with one attached hydrogen (secondary N) is 2. The van der Waals surface area contributed by atoms with Crippen LogP contribution in [0.15, 0.2) is 48.5 Å². The Labute approximate surface area is 166 Å². The fraction of sp³-hybridized carbons (Fsp3) is 0.333. The molecule has 27 heavy (non-hydrogen) atoms. The van der Waals surface area contributed by atoms with Gasteiger partial charge in [0.25, 0.3) is 5.91 Å². The molecule has 6 heteroatoms. The van der Waals surface area contributed by atoms with Gasteiger partial charge in [0.05, 0.1) is 12.2 Å². The number of hydrogen-bond donors (Lipinski definition) is 2. The molecule has 0 radical (unpaired) electrons. The molecule has 0 aliphatic carbocycles. The number of carbonyl (C=O) groups excluding carboxylic acids is 1. The van der Waals surface area contributed by atoms with E-state index in [1.54, 1.807) is 24.3 Å². The number of carbonyl (C=O) groups is 1. The molecule has 0 saturated heterocycles.